The molecule has 104 valence electrons. The van der Waals surface area contributed by atoms with Gasteiger partial charge in [-0.05, 0) is 12.1 Å². The zero-order valence-electron chi connectivity index (χ0n) is 9.71. The minimum atomic E-state index is -4.73. The maximum absolute atomic E-state index is 13.1. The fraction of sp³-hybridized carbons (Fsp3) is 0.0769. The van der Waals surface area contributed by atoms with Crippen molar-refractivity contribution in [2.45, 2.75) is 6.18 Å². The standard InChI is InChI=1S/C13H6Cl2F3NO/c14-9-3-1-2-8(11(9)15)12-10(13(16,17)18)7(6-20)4-5-19-12/h1-6H. The summed E-state index contributed by atoms with van der Waals surface area (Å²) in [6.45, 7) is 0. The highest BCUT2D eigenvalue weighted by atomic mass is 35.5. The van der Waals surface area contributed by atoms with Crippen molar-refractivity contribution in [1.82, 2.24) is 4.98 Å². The molecule has 0 radical (unpaired) electrons. The summed E-state index contributed by atoms with van der Waals surface area (Å²) < 4.78 is 39.4. The quantitative estimate of drug-likeness (QED) is 0.738. The fourth-order valence-electron chi connectivity index (χ4n) is 1.76. The number of aldehydes is 1. The Morgan fingerprint density at radius 2 is 1.85 bits per heavy atom. The molecule has 0 fully saturated rings. The third-order valence-electron chi connectivity index (χ3n) is 2.60. The molecule has 0 amide bonds. The Morgan fingerprint density at radius 1 is 1.15 bits per heavy atom. The van der Waals surface area contributed by atoms with Gasteiger partial charge in [-0.15, -0.1) is 0 Å². The molecule has 2 aromatic rings. The lowest BCUT2D eigenvalue weighted by Gasteiger charge is -2.15. The highest BCUT2D eigenvalue weighted by Crippen LogP contribution is 2.41. The van der Waals surface area contributed by atoms with E-state index >= 15 is 0 Å². The van der Waals surface area contributed by atoms with Crippen LogP contribution in [0.25, 0.3) is 11.3 Å². The molecule has 0 bridgehead atoms. The number of benzene rings is 1. The van der Waals surface area contributed by atoms with Crippen LogP contribution in [0.5, 0.6) is 0 Å². The molecular weight excluding hydrogens is 314 g/mol. The van der Waals surface area contributed by atoms with Crippen LogP contribution in [-0.2, 0) is 6.18 Å². The molecule has 0 aliphatic heterocycles. The van der Waals surface area contributed by atoms with Gasteiger partial charge in [-0.2, -0.15) is 13.2 Å². The molecule has 20 heavy (non-hydrogen) atoms. The predicted octanol–water partition coefficient (Wildman–Crippen LogP) is 4.89. The van der Waals surface area contributed by atoms with Crippen LogP contribution >= 0.6 is 23.2 Å². The van der Waals surface area contributed by atoms with E-state index in [0.717, 1.165) is 12.3 Å². The predicted molar refractivity (Wildman–Crippen MR) is 70.1 cm³/mol. The lowest BCUT2D eigenvalue weighted by molar-refractivity contribution is -0.137. The van der Waals surface area contributed by atoms with E-state index in [4.69, 9.17) is 23.2 Å². The van der Waals surface area contributed by atoms with Crippen LogP contribution in [0.1, 0.15) is 15.9 Å². The largest absolute Gasteiger partial charge is 0.419 e. The van der Waals surface area contributed by atoms with Gasteiger partial charge in [-0.25, -0.2) is 0 Å². The molecule has 7 heteroatoms. The second-order valence-electron chi connectivity index (χ2n) is 3.84. The second-order valence-corrected chi connectivity index (χ2v) is 4.63. The first-order valence-electron chi connectivity index (χ1n) is 5.32. The molecule has 0 N–H and O–H groups in total. The van der Waals surface area contributed by atoms with Crippen molar-refractivity contribution < 1.29 is 18.0 Å². The maximum atomic E-state index is 13.1. The van der Waals surface area contributed by atoms with Gasteiger partial charge in [0.25, 0.3) is 0 Å². The monoisotopic (exact) mass is 319 g/mol. The van der Waals surface area contributed by atoms with Crippen molar-refractivity contribution in [3.05, 3.63) is 51.6 Å². The SMILES string of the molecule is O=Cc1ccnc(-c2cccc(Cl)c2Cl)c1C(F)(F)F. The number of halogens is 5. The zero-order chi connectivity index (χ0) is 14.9. The van der Waals surface area contributed by atoms with E-state index < -0.39 is 23.0 Å². The van der Waals surface area contributed by atoms with E-state index in [1.54, 1.807) is 0 Å². The molecule has 0 aliphatic rings. The van der Waals surface area contributed by atoms with Crippen LogP contribution in [0.3, 0.4) is 0 Å². The molecule has 0 saturated carbocycles. The van der Waals surface area contributed by atoms with Crippen LogP contribution in [-0.4, -0.2) is 11.3 Å². The molecule has 0 aliphatic carbocycles. The molecule has 0 spiro atoms. The Labute approximate surface area is 122 Å². The summed E-state index contributed by atoms with van der Waals surface area (Å²) in [7, 11) is 0. The molecule has 2 nitrogen and oxygen atoms in total. The van der Waals surface area contributed by atoms with Crippen LogP contribution in [0.2, 0.25) is 10.0 Å². The number of carbonyl (C=O) groups excluding carboxylic acids is 1. The molecule has 1 aromatic carbocycles. The van der Waals surface area contributed by atoms with Crippen molar-refractivity contribution in [3.8, 4) is 11.3 Å². The maximum Gasteiger partial charge on any atom is 0.419 e. The fourth-order valence-corrected chi connectivity index (χ4v) is 2.15. The van der Waals surface area contributed by atoms with Crippen LogP contribution in [0.4, 0.5) is 13.2 Å². The molecule has 0 unspecified atom stereocenters. The van der Waals surface area contributed by atoms with Crippen LogP contribution < -0.4 is 0 Å². The van der Waals surface area contributed by atoms with E-state index in [1.807, 2.05) is 0 Å². The van der Waals surface area contributed by atoms with Gasteiger partial charge in [0.05, 0.1) is 21.3 Å². The molecule has 0 saturated heterocycles. The lowest BCUT2D eigenvalue weighted by atomic mass is 10.0. The summed E-state index contributed by atoms with van der Waals surface area (Å²) in [5.41, 5.74) is -2.03. The molecule has 0 atom stereocenters. The zero-order valence-corrected chi connectivity index (χ0v) is 11.2. The van der Waals surface area contributed by atoms with E-state index in [0.29, 0.717) is 0 Å². The third-order valence-corrected chi connectivity index (χ3v) is 3.42. The van der Waals surface area contributed by atoms with Gasteiger partial charge in [-0.1, -0.05) is 35.3 Å². The Morgan fingerprint density at radius 3 is 2.45 bits per heavy atom. The summed E-state index contributed by atoms with van der Waals surface area (Å²) in [6.07, 6.45) is -3.48. The second kappa shape index (κ2) is 5.42. The molecule has 2 rings (SSSR count). The number of hydrogen-bond acceptors (Lipinski definition) is 2. The highest BCUT2D eigenvalue weighted by molar-refractivity contribution is 6.43. The minimum absolute atomic E-state index is 0.0233. The van der Waals surface area contributed by atoms with Gasteiger partial charge in [0.2, 0.25) is 0 Å². The molecular formula is C13H6Cl2F3NO. The van der Waals surface area contributed by atoms with Crippen molar-refractivity contribution in [1.29, 1.82) is 0 Å². The number of rotatable bonds is 2. The smallest absolute Gasteiger partial charge is 0.298 e. The van der Waals surface area contributed by atoms with Crippen molar-refractivity contribution in [2.24, 2.45) is 0 Å². The van der Waals surface area contributed by atoms with Gasteiger partial charge < -0.3 is 0 Å². The minimum Gasteiger partial charge on any atom is -0.298 e. The first-order valence-corrected chi connectivity index (χ1v) is 6.07. The summed E-state index contributed by atoms with van der Waals surface area (Å²) >= 11 is 11.7. The average molecular weight is 320 g/mol. The summed E-state index contributed by atoms with van der Waals surface area (Å²) in [5.74, 6) is 0. The van der Waals surface area contributed by atoms with E-state index in [-0.39, 0.29) is 21.9 Å². The number of nitrogens with zero attached hydrogens (tertiary/aromatic N) is 1. The summed E-state index contributed by atoms with van der Waals surface area (Å²) in [5, 5.41) is 0.0609. The van der Waals surface area contributed by atoms with Gasteiger partial charge >= 0.3 is 6.18 Å². The van der Waals surface area contributed by atoms with Crippen LogP contribution in [0.15, 0.2) is 30.5 Å². The number of carbonyl (C=O) groups is 1. The Kier molecular flexibility index (Phi) is 4.01. The average Bonchev–Trinajstić information content (AvgIpc) is 2.40. The van der Waals surface area contributed by atoms with Gasteiger partial charge in [0, 0.05) is 17.3 Å². The third kappa shape index (κ3) is 2.64. The summed E-state index contributed by atoms with van der Waals surface area (Å²) in [4.78, 5) is 14.5. The van der Waals surface area contributed by atoms with Crippen molar-refractivity contribution >= 4 is 29.5 Å². The molecule has 1 heterocycles. The van der Waals surface area contributed by atoms with Crippen molar-refractivity contribution in [2.75, 3.05) is 0 Å². The van der Waals surface area contributed by atoms with Gasteiger partial charge in [0.1, 0.15) is 0 Å². The number of hydrogen-bond donors (Lipinski definition) is 0. The van der Waals surface area contributed by atoms with Gasteiger partial charge in [-0.3, -0.25) is 9.78 Å². The Bertz CT molecular complexity index is 671. The van der Waals surface area contributed by atoms with E-state index in [9.17, 15) is 18.0 Å². The number of aromatic nitrogens is 1. The lowest BCUT2D eigenvalue weighted by Crippen LogP contribution is -2.12. The number of alkyl halides is 3. The summed E-state index contributed by atoms with van der Waals surface area (Å²) in [6, 6.07) is 5.27. The van der Waals surface area contributed by atoms with Crippen LogP contribution in [0, 0.1) is 0 Å². The number of pyridine rings is 1. The van der Waals surface area contributed by atoms with E-state index in [2.05, 4.69) is 4.98 Å². The van der Waals surface area contributed by atoms with Crippen molar-refractivity contribution in [3.63, 3.8) is 0 Å². The molecule has 1 aromatic heterocycles. The Balaban J connectivity index is 2.81. The highest BCUT2D eigenvalue weighted by Gasteiger charge is 2.37. The van der Waals surface area contributed by atoms with Gasteiger partial charge in [0.15, 0.2) is 6.29 Å². The van der Waals surface area contributed by atoms with E-state index in [1.165, 1.54) is 18.2 Å². The first-order chi connectivity index (χ1) is 9.36. The Hall–Kier alpha value is -1.59. The normalized spacial score (nSPS) is 11.4. The topological polar surface area (TPSA) is 30.0 Å². The first kappa shape index (κ1) is 14.8.